The van der Waals surface area contributed by atoms with Gasteiger partial charge in [-0.3, -0.25) is 14.4 Å². The van der Waals surface area contributed by atoms with Crippen LogP contribution < -0.4 is 26.0 Å². The van der Waals surface area contributed by atoms with Crippen LogP contribution in [0.4, 0.5) is 10.5 Å². The molecule has 0 fully saturated rings. The fourth-order valence-electron chi connectivity index (χ4n) is 5.13. The van der Waals surface area contributed by atoms with E-state index in [0.717, 1.165) is 0 Å². The molecule has 5 N–H and O–H groups in total. The van der Waals surface area contributed by atoms with Gasteiger partial charge in [-0.25, -0.2) is 9.59 Å². The van der Waals surface area contributed by atoms with Crippen LogP contribution in [0.1, 0.15) is 69.4 Å². The number of benzene rings is 4. The van der Waals surface area contributed by atoms with E-state index in [4.69, 9.17) is 49.0 Å². The highest BCUT2D eigenvalue weighted by Gasteiger charge is 2.25. The van der Waals surface area contributed by atoms with Gasteiger partial charge in [0.05, 0.1) is 39.9 Å². The summed E-state index contributed by atoms with van der Waals surface area (Å²) in [5.41, 5.74) is 1.39. The molecular formula is C40H41Cl3N4O9. The van der Waals surface area contributed by atoms with E-state index in [2.05, 4.69) is 21.3 Å². The number of carbonyl (C=O) groups excluding carboxylic acids is 5. The summed E-state index contributed by atoms with van der Waals surface area (Å²) in [7, 11) is 1.19. The smallest absolute Gasteiger partial charge is 0.407 e. The average Bonchev–Trinajstić information content (AvgIpc) is 3.12. The van der Waals surface area contributed by atoms with E-state index >= 15 is 0 Å². The number of nitrogens with one attached hydrogen (secondary N) is 4. The molecule has 0 bridgehead atoms. The lowest BCUT2D eigenvalue weighted by atomic mass is 10.0. The first kappa shape index (κ1) is 43.2. The third-order valence-electron chi connectivity index (χ3n) is 7.78. The first-order valence-corrected chi connectivity index (χ1v) is 18.4. The minimum Gasteiger partial charge on any atom is -0.508 e. The summed E-state index contributed by atoms with van der Waals surface area (Å²) in [4.78, 5) is 63.5. The Balaban J connectivity index is 1.31. The Morgan fingerprint density at radius 3 is 2.11 bits per heavy atom. The topological polar surface area (TPSA) is 181 Å². The number of hydrogen-bond acceptors (Lipinski definition) is 9. The number of phenolic OH excluding ortho intramolecular Hbond substituents is 1. The van der Waals surface area contributed by atoms with E-state index in [9.17, 15) is 29.1 Å². The monoisotopic (exact) mass is 826 g/mol. The van der Waals surface area contributed by atoms with Crippen LogP contribution in [0.15, 0.2) is 78.9 Å². The number of esters is 1. The number of carbonyl (C=O) groups is 5. The second kappa shape index (κ2) is 19.9. The molecule has 1 atom stereocenters. The summed E-state index contributed by atoms with van der Waals surface area (Å²) in [5, 5.41) is 20.5. The lowest BCUT2D eigenvalue weighted by molar-refractivity contribution is -0.142. The first-order valence-electron chi connectivity index (χ1n) is 17.3. The predicted molar refractivity (Wildman–Crippen MR) is 213 cm³/mol. The van der Waals surface area contributed by atoms with Crippen LogP contribution >= 0.6 is 34.8 Å². The van der Waals surface area contributed by atoms with Gasteiger partial charge in [0.2, 0.25) is 0 Å². The predicted octanol–water partition coefficient (Wildman–Crippen LogP) is 7.34. The van der Waals surface area contributed by atoms with E-state index in [1.165, 1.54) is 49.6 Å². The zero-order chi connectivity index (χ0) is 41.0. The Labute approximate surface area is 338 Å². The molecule has 4 aromatic rings. The van der Waals surface area contributed by atoms with Crippen molar-refractivity contribution in [1.82, 2.24) is 16.0 Å². The summed E-state index contributed by atoms with van der Waals surface area (Å²) in [6, 6.07) is 19.0. The lowest BCUT2D eigenvalue weighted by Gasteiger charge is -2.19. The van der Waals surface area contributed by atoms with E-state index in [1.54, 1.807) is 57.2 Å². The van der Waals surface area contributed by atoms with Crippen LogP contribution in [0.5, 0.6) is 11.5 Å². The zero-order valence-corrected chi connectivity index (χ0v) is 33.2. The van der Waals surface area contributed by atoms with Crippen LogP contribution in [0.2, 0.25) is 15.1 Å². The summed E-state index contributed by atoms with van der Waals surface area (Å²) in [6.07, 6.45) is -0.00872. The average molecular weight is 828 g/mol. The maximum atomic E-state index is 13.2. The molecule has 56 heavy (non-hydrogen) atoms. The summed E-state index contributed by atoms with van der Waals surface area (Å²) in [6.45, 7) is 6.04. The van der Waals surface area contributed by atoms with Gasteiger partial charge in [-0.2, -0.15) is 0 Å². The fourth-order valence-corrected chi connectivity index (χ4v) is 6.04. The van der Waals surface area contributed by atoms with Gasteiger partial charge in [0.25, 0.3) is 17.7 Å². The van der Waals surface area contributed by atoms with Gasteiger partial charge in [0.15, 0.2) is 0 Å². The second-order valence-electron chi connectivity index (χ2n) is 13.3. The highest BCUT2D eigenvalue weighted by atomic mass is 35.5. The molecule has 0 spiro atoms. The number of phenols is 1. The van der Waals surface area contributed by atoms with Gasteiger partial charge in [0, 0.05) is 30.8 Å². The van der Waals surface area contributed by atoms with E-state index in [0.29, 0.717) is 35.5 Å². The zero-order valence-electron chi connectivity index (χ0n) is 31.0. The van der Waals surface area contributed by atoms with Crippen molar-refractivity contribution in [2.24, 2.45) is 0 Å². The van der Waals surface area contributed by atoms with Crippen LogP contribution in [0, 0.1) is 0 Å². The number of ether oxygens (including phenoxy) is 3. The molecule has 0 aliphatic rings. The van der Waals surface area contributed by atoms with Crippen molar-refractivity contribution in [2.45, 2.75) is 51.8 Å². The Hall–Kier alpha value is -5.50. The first-order chi connectivity index (χ1) is 26.5. The van der Waals surface area contributed by atoms with Crippen molar-refractivity contribution in [3.8, 4) is 11.5 Å². The summed E-state index contributed by atoms with van der Waals surface area (Å²) in [5.74, 6) is -1.97. The molecule has 0 aliphatic carbocycles. The number of halogens is 3. The summed E-state index contributed by atoms with van der Waals surface area (Å²) >= 11 is 19.2. The maximum absolute atomic E-state index is 13.2. The number of methoxy groups -OCH3 is 1. The molecule has 4 amide bonds. The largest absolute Gasteiger partial charge is 0.508 e. The number of alkyl carbamates (subject to hydrolysis) is 1. The van der Waals surface area contributed by atoms with Crippen LogP contribution in [-0.2, 0) is 27.2 Å². The van der Waals surface area contributed by atoms with Crippen molar-refractivity contribution in [2.75, 3.05) is 25.6 Å². The number of hydrogen-bond donors (Lipinski definition) is 5. The number of aromatic hydroxyl groups is 1. The van der Waals surface area contributed by atoms with E-state index < -0.39 is 41.4 Å². The molecule has 296 valence electrons. The normalized spacial score (nSPS) is 11.5. The van der Waals surface area contributed by atoms with Crippen molar-refractivity contribution in [1.29, 1.82) is 0 Å². The van der Waals surface area contributed by atoms with Gasteiger partial charge in [0.1, 0.15) is 23.1 Å². The van der Waals surface area contributed by atoms with Crippen molar-refractivity contribution in [3.63, 3.8) is 0 Å². The Morgan fingerprint density at radius 2 is 1.48 bits per heavy atom. The van der Waals surface area contributed by atoms with Crippen molar-refractivity contribution >= 4 is 70.3 Å². The molecular weight excluding hydrogens is 787 g/mol. The molecule has 0 saturated heterocycles. The number of amides is 4. The SMILES string of the molecule is COC(=O)C(Cc1ccc(NC(=O)c2c(Cl)cc(OCCCNC(=O)OC(C)(C)C)cc2Cl)cc1)NC(=O)c1ccc(C(=O)NCc2cccc(O)c2)cc1Cl. The third kappa shape index (κ3) is 13.1. The molecule has 0 aromatic heterocycles. The molecule has 0 heterocycles. The maximum Gasteiger partial charge on any atom is 0.407 e. The highest BCUT2D eigenvalue weighted by molar-refractivity contribution is 6.40. The van der Waals surface area contributed by atoms with E-state index in [-0.39, 0.29) is 57.1 Å². The van der Waals surface area contributed by atoms with Crippen molar-refractivity contribution in [3.05, 3.63) is 122 Å². The lowest BCUT2D eigenvalue weighted by Crippen LogP contribution is -2.43. The summed E-state index contributed by atoms with van der Waals surface area (Å²) < 4.78 is 15.8. The van der Waals surface area contributed by atoms with Gasteiger partial charge in [-0.15, -0.1) is 0 Å². The molecule has 0 radical (unpaired) electrons. The Kier molecular flexibility index (Phi) is 15.4. The minimum atomic E-state index is -1.10. The van der Waals surface area contributed by atoms with Gasteiger partial charge < -0.3 is 40.6 Å². The van der Waals surface area contributed by atoms with E-state index in [1.807, 2.05) is 0 Å². The fraction of sp³-hybridized carbons (Fsp3) is 0.275. The Morgan fingerprint density at radius 1 is 0.786 bits per heavy atom. The van der Waals surface area contributed by atoms with Gasteiger partial charge in [-0.05, 0) is 92.9 Å². The standard InChI is InChI=1S/C40H41Cl3N4O9/c1-40(2,3)56-39(53)44-15-6-16-55-28-20-31(42)34(32(43)21-28)37(51)46-26-12-9-23(10-13-26)18-33(38(52)54-4)47-36(50)29-14-11-25(19-30(29)41)35(49)45-22-24-7-5-8-27(48)17-24/h5,7-14,17,19-21,33,48H,6,15-16,18,22H2,1-4H3,(H,44,53)(H,45,49)(H,46,51)(H,47,50). The highest BCUT2D eigenvalue weighted by Crippen LogP contribution is 2.31. The quantitative estimate of drug-likeness (QED) is 0.0605. The molecule has 13 nitrogen and oxygen atoms in total. The molecule has 0 aliphatic heterocycles. The molecule has 1 unspecified atom stereocenters. The molecule has 4 aromatic carbocycles. The second-order valence-corrected chi connectivity index (χ2v) is 14.6. The molecule has 0 saturated carbocycles. The molecule has 16 heteroatoms. The van der Waals surface area contributed by atoms with Gasteiger partial charge >= 0.3 is 12.1 Å². The Bertz CT molecular complexity index is 2050. The number of anilines is 1. The van der Waals surface area contributed by atoms with Crippen LogP contribution in [0.25, 0.3) is 0 Å². The van der Waals surface area contributed by atoms with Crippen LogP contribution in [-0.4, -0.2) is 66.8 Å². The van der Waals surface area contributed by atoms with Crippen LogP contribution in [0.3, 0.4) is 0 Å². The molecule has 4 rings (SSSR count). The number of rotatable bonds is 15. The van der Waals surface area contributed by atoms with Gasteiger partial charge in [-0.1, -0.05) is 59.1 Å². The van der Waals surface area contributed by atoms with Crippen molar-refractivity contribution < 1.29 is 43.3 Å². The minimum absolute atomic E-state index is 0.0109. The third-order valence-corrected chi connectivity index (χ3v) is 8.69.